The number of hydrogen-bond donors (Lipinski definition) is 2. The Morgan fingerprint density at radius 1 is 1.05 bits per heavy atom. The van der Waals surface area contributed by atoms with Gasteiger partial charge in [0.1, 0.15) is 0 Å². The second kappa shape index (κ2) is 5.94. The molecule has 0 spiro atoms. The molecule has 2 nitrogen and oxygen atoms in total. The normalized spacial score (nSPS) is 18.3. The van der Waals surface area contributed by atoms with E-state index >= 15 is 0 Å². The highest BCUT2D eigenvalue weighted by molar-refractivity contribution is 5.83. The SMILES string of the molecule is CNC(c1ccc2cc(C)ccc2c1)C1CCNCC1. The highest BCUT2D eigenvalue weighted by atomic mass is 14.9. The zero-order chi connectivity index (χ0) is 13.9. The molecular formula is C18H24N2. The summed E-state index contributed by atoms with van der Waals surface area (Å²) in [7, 11) is 2.09. The Hall–Kier alpha value is -1.38. The zero-order valence-corrected chi connectivity index (χ0v) is 12.4. The van der Waals surface area contributed by atoms with Gasteiger partial charge in [-0.3, -0.25) is 0 Å². The van der Waals surface area contributed by atoms with E-state index < -0.39 is 0 Å². The lowest BCUT2D eigenvalue weighted by atomic mass is 9.85. The summed E-state index contributed by atoms with van der Waals surface area (Å²) in [4.78, 5) is 0. The summed E-state index contributed by atoms with van der Waals surface area (Å²) in [6.07, 6.45) is 2.52. The average Bonchev–Trinajstić information content (AvgIpc) is 2.49. The second-order valence-corrected chi connectivity index (χ2v) is 5.96. The maximum atomic E-state index is 3.54. The minimum atomic E-state index is 0.475. The van der Waals surface area contributed by atoms with Crippen LogP contribution >= 0.6 is 0 Å². The number of rotatable bonds is 3. The van der Waals surface area contributed by atoms with E-state index in [2.05, 4.69) is 61.0 Å². The fraction of sp³-hybridized carbons (Fsp3) is 0.444. The smallest absolute Gasteiger partial charge is 0.0347 e. The molecule has 0 saturated carbocycles. The summed E-state index contributed by atoms with van der Waals surface area (Å²) in [5.41, 5.74) is 2.75. The van der Waals surface area contributed by atoms with Crippen molar-refractivity contribution in [2.24, 2.45) is 5.92 Å². The van der Waals surface area contributed by atoms with Crippen LogP contribution in [0.5, 0.6) is 0 Å². The number of benzene rings is 2. The molecule has 2 heteroatoms. The van der Waals surface area contributed by atoms with E-state index in [1.54, 1.807) is 0 Å². The highest BCUT2D eigenvalue weighted by Gasteiger charge is 2.23. The van der Waals surface area contributed by atoms with Crippen molar-refractivity contribution in [3.05, 3.63) is 47.5 Å². The maximum absolute atomic E-state index is 3.54. The van der Waals surface area contributed by atoms with Gasteiger partial charge in [-0.1, -0.05) is 35.9 Å². The van der Waals surface area contributed by atoms with Crippen molar-refractivity contribution in [2.75, 3.05) is 20.1 Å². The van der Waals surface area contributed by atoms with Crippen molar-refractivity contribution in [1.82, 2.24) is 10.6 Å². The Morgan fingerprint density at radius 2 is 1.75 bits per heavy atom. The lowest BCUT2D eigenvalue weighted by Gasteiger charge is -2.31. The summed E-state index contributed by atoms with van der Waals surface area (Å²) >= 11 is 0. The Balaban J connectivity index is 1.92. The van der Waals surface area contributed by atoms with Crippen LogP contribution in [0.15, 0.2) is 36.4 Å². The van der Waals surface area contributed by atoms with Crippen LogP contribution in [0.25, 0.3) is 10.8 Å². The van der Waals surface area contributed by atoms with Crippen molar-refractivity contribution >= 4 is 10.8 Å². The van der Waals surface area contributed by atoms with Gasteiger partial charge in [0.15, 0.2) is 0 Å². The molecule has 1 aliphatic heterocycles. The minimum absolute atomic E-state index is 0.475. The Morgan fingerprint density at radius 3 is 2.50 bits per heavy atom. The van der Waals surface area contributed by atoms with Crippen molar-refractivity contribution < 1.29 is 0 Å². The van der Waals surface area contributed by atoms with Crippen LogP contribution in [0.4, 0.5) is 0 Å². The molecule has 0 radical (unpaired) electrons. The van der Waals surface area contributed by atoms with Gasteiger partial charge >= 0.3 is 0 Å². The van der Waals surface area contributed by atoms with E-state index in [4.69, 9.17) is 0 Å². The van der Waals surface area contributed by atoms with Gasteiger partial charge in [-0.2, -0.15) is 0 Å². The molecule has 1 aliphatic rings. The molecule has 1 saturated heterocycles. The van der Waals surface area contributed by atoms with Crippen LogP contribution in [0, 0.1) is 12.8 Å². The van der Waals surface area contributed by atoms with Gasteiger partial charge in [0.2, 0.25) is 0 Å². The second-order valence-electron chi connectivity index (χ2n) is 5.96. The van der Waals surface area contributed by atoms with Crippen molar-refractivity contribution in [3.8, 4) is 0 Å². The quantitative estimate of drug-likeness (QED) is 0.891. The van der Waals surface area contributed by atoms with Gasteiger partial charge in [0.05, 0.1) is 0 Å². The van der Waals surface area contributed by atoms with E-state index in [1.807, 2.05) is 0 Å². The van der Waals surface area contributed by atoms with Crippen molar-refractivity contribution in [3.63, 3.8) is 0 Å². The topological polar surface area (TPSA) is 24.1 Å². The maximum Gasteiger partial charge on any atom is 0.0347 e. The van der Waals surface area contributed by atoms with Crippen LogP contribution in [0.3, 0.4) is 0 Å². The van der Waals surface area contributed by atoms with E-state index in [-0.39, 0.29) is 0 Å². The van der Waals surface area contributed by atoms with Crippen LogP contribution in [0.1, 0.15) is 30.0 Å². The molecule has 2 aromatic carbocycles. The minimum Gasteiger partial charge on any atom is -0.317 e. The lowest BCUT2D eigenvalue weighted by molar-refractivity contribution is 0.294. The zero-order valence-electron chi connectivity index (χ0n) is 12.4. The molecule has 1 fully saturated rings. The number of nitrogens with one attached hydrogen (secondary N) is 2. The highest BCUT2D eigenvalue weighted by Crippen LogP contribution is 2.30. The first-order valence-electron chi connectivity index (χ1n) is 7.66. The van der Waals surface area contributed by atoms with Gasteiger partial charge in [-0.25, -0.2) is 0 Å². The van der Waals surface area contributed by atoms with Crippen LogP contribution in [-0.2, 0) is 0 Å². The van der Waals surface area contributed by atoms with Gasteiger partial charge < -0.3 is 10.6 Å². The van der Waals surface area contributed by atoms with E-state index in [0.717, 1.165) is 19.0 Å². The number of piperidine rings is 1. The summed E-state index contributed by atoms with van der Waals surface area (Å²) in [5.74, 6) is 0.740. The molecule has 2 N–H and O–H groups in total. The van der Waals surface area contributed by atoms with E-state index in [9.17, 15) is 0 Å². The third-order valence-corrected chi connectivity index (χ3v) is 4.55. The molecular weight excluding hydrogens is 244 g/mol. The van der Waals surface area contributed by atoms with E-state index in [0.29, 0.717) is 6.04 Å². The largest absolute Gasteiger partial charge is 0.317 e. The average molecular weight is 268 g/mol. The molecule has 1 unspecified atom stereocenters. The third-order valence-electron chi connectivity index (χ3n) is 4.55. The molecule has 0 aromatic heterocycles. The lowest BCUT2D eigenvalue weighted by Crippen LogP contribution is -2.35. The molecule has 0 bridgehead atoms. The van der Waals surface area contributed by atoms with Gasteiger partial charge in [-0.05, 0) is 68.2 Å². The molecule has 106 valence electrons. The first-order valence-corrected chi connectivity index (χ1v) is 7.66. The standard InChI is InChI=1S/C18H24N2/c1-13-3-4-16-12-17(6-5-15(16)11-13)18(19-2)14-7-9-20-10-8-14/h3-6,11-12,14,18-20H,7-10H2,1-2H3. The van der Waals surface area contributed by atoms with Crippen molar-refractivity contribution in [1.29, 1.82) is 0 Å². The Kier molecular flexibility index (Phi) is 4.04. The summed E-state index contributed by atoms with van der Waals surface area (Å²) < 4.78 is 0. The molecule has 2 aromatic rings. The number of hydrogen-bond acceptors (Lipinski definition) is 2. The fourth-order valence-corrected chi connectivity index (χ4v) is 3.43. The molecule has 1 heterocycles. The van der Waals surface area contributed by atoms with Crippen molar-refractivity contribution in [2.45, 2.75) is 25.8 Å². The van der Waals surface area contributed by atoms with Gasteiger partial charge in [0, 0.05) is 6.04 Å². The van der Waals surface area contributed by atoms with Crippen LogP contribution in [-0.4, -0.2) is 20.1 Å². The van der Waals surface area contributed by atoms with E-state index in [1.165, 1.54) is 34.7 Å². The van der Waals surface area contributed by atoms with Crippen LogP contribution < -0.4 is 10.6 Å². The van der Waals surface area contributed by atoms with Gasteiger partial charge in [0.25, 0.3) is 0 Å². The Labute approximate surface area is 121 Å². The third kappa shape index (κ3) is 2.72. The number of fused-ring (bicyclic) bond motifs is 1. The molecule has 3 rings (SSSR count). The predicted octanol–water partition coefficient (Wildman–Crippen LogP) is 3.41. The monoisotopic (exact) mass is 268 g/mol. The summed E-state index contributed by atoms with van der Waals surface area (Å²) in [5, 5.41) is 9.68. The molecule has 0 amide bonds. The summed E-state index contributed by atoms with van der Waals surface area (Å²) in [6, 6.07) is 14.1. The van der Waals surface area contributed by atoms with Gasteiger partial charge in [-0.15, -0.1) is 0 Å². The molecule has 1 atom stereocenters. The fourth-order valence-electron chi connectivity index (χ4n) is 3.43. The Bertz CT molecular complexity index is 585. The first-order chi connectivity index (χ1) is 9.78. The molecule has 0 aliphatic carbocycles. The summed E-state index contributed by atoms with van der Waals surface area (Å²) in [6.45, 7) is 4.45. The number of aryl methyl sites for hydroxylation is 1. The molecule has 20 heavy (non-hydrogen) atoms. The van der Waals surface area contributed by atoms with Crippen LogP contribution in [0.2, 0.25) is 0 Å². The first kappa shape index (κ1) is 13.6. The predicted molar refractivity (Wildman–Crippen MR) is 86.1 cm³/mol.